The molecule has 0 aliphatic heterocycles. The van der Waals surface area contributed by atoms with E-state index in [1.54, 1.807) is 6.07 Å². The molecule has 0 saturated carbocycles. The molecule has 12 heavy (non-hydrogen) atoms. The van der Waals surface area contributed by atoms with Crippen LogP contribution in [0.15, 0.2) is 24.3 Å². The lowest BCUT2D eigenvalue weighted by Gasteiger charge is -1.93. The molecular weight excluding hydrogens is 189 g/mol. The van der Waals surface area contributed by atoms with Crippen molar-refractivity contribution in [3.8, 4) is 6.07 Å². The van der Waals surface area contributed by atoms with Gasteiger partial charge in [-0.3, -0.25) is 0 Å². The van der Waals surface area contributed by atoms with E-state index in [4.69, 9.17) is 5.26 Å². The zero-order valence-electron chi connectivity index (χ0n) is 7.24. The van der Waals surface area contributed by atoms with E-state index in [1.165, 1.54) is 17.8 Å². The maximum absolute atomic E-state index is 7.32. The van der Waals surface area contributed by atoms with E-state index in [9.17, 15) is 0 Å². The van der Waals surface area contributed by atoms with Gasteiger partial charge in [0.05, 0.1) is 6.07 Å². The van der Waals surface area contributed by atoms with Gasteiger partial charge in [0.25, 0.3) is 0 Å². The first-order valence-corrected chi connectivity index (χ1v) is 3.92. The van der Waals surface area contributed by atoms with Gasteiger partial charge in [0.1, 0.15) is 0 Å². The summed E-state index contributed by atoms with van der Waals surface area (Å²) in [4.78, 5) is 0. The van der Waals surface area contributed by atoms with Crippen LogP contribution in [-0.2, 0) is 0 Å². The van der Waals surface area contributed by atoms with Crippen LogP contribution in [0.3, 0.4) is 0 Å². The molecule has 3 heteroatoms. The van der Waals surface area contributed by atoms with Gasteiger partial charge < -0.3 is 0 Å². The van der Waals surface area contributed by atoms with Crippen molar-refractivity contribution in [3.05, 3.63) is 29.8 Å². The van der Waals surface area contributed by atoms with Crippen molar-refractivity contribution in [1.29, 1.82) is 5.26 Å². The van der Waals surface area contributed by atoms with Gasteiger partial charge in [0, 0.05) is 6.92 Å². The third-order valence-electron chi connectivity index (χ3n) is 1.19. The molecule has 1 nitrogen and oxygen atoms in total. The molecule has 66 valence electrons. The molecule has 0 spiro atoms. The Hall–Kier alpha value is -0.570. The van der Waals surface area contributed by atoms with E-state index >= 15 is 0 Å². The average molecular weight is 202 g/mol. The highest BCUT2D eigenvalue weighted by Crippen LogP contribution is 1.96. The van der Waals surface area contributed by atoms with Gasteiger partial charge in [-0.2, -0.15) is 5.26 Å². The van der Waals surface area contributed by atoms with Crippen molar-refractivity contribution in [2.45, 2.75) is 13.8 Å². The SMILES string of the molecule is CC#N.Cc1ccccc1P.Cl. The Morgan fingerprint density at radius 3 is 2.00 bits per heavy atom. The van der Waals surface area contributed by atoms with Gasteiger partial charge in [-0.25, -0.2) is 0 Å². The standard InChI is InChI=1S/C7H9P.C2H3N.ClH/c1-6-4-2-3-5-7(6)8;1-2-3;/h2-5H,8H2,1H3;1H3;1H. The zero-order chi connectivity index (χ0) is 8.69. The average Bonchev–Trinajstić information content (AvgIpc) is 1.97. The second-order valence-electron chi connectivity index (χ2n) is 2.08. The van der Waals surface area contributed by atoms with Crippen LogP contribution in [0.2, 0.25) is 0 Å². The largest absolute Gasteiger partial charge is 0.199 e. The molecule has 0 saturated heterocycles. The molecule has 1 rings (SSSR count). The van der Waals surface area contributed by atoms with Gasteiger partial charge in [0.15, 0.2) is 0 Å². The second kappa shape index (κ2) is 8.53. The minimum absolute atomic E-state index is 0. The summed E-state index contributed by atoms with van der Waals surface area (Å²) < 4.78 is 0. The minimum atomic E-state index is 0. The topological polar surface area (TPSA) is 23.8 Å². The zero-order valence-corrected chi connectivity index (χ0v) is 9.21. The number of nitriles is 1. The number of aryl methyl sites for hydroxylation is 1. The molecule has 1 unspecified atom stereocenters. The summed E-state index contributed by atoms with van der Waals surface area (Å²) in [5, 5.41) is 8.60. The number of rotatable bonds is 0. The predicted molar refractivity (Wildman–Crippen MR) is 59.1 cm³/mol. The molecule has 0 radical (unpaired) electrons. The van der Waals surface area contributed by atoms with Crippen molar-refractivity contribution in [1.82, 2.24) is 0 Å². The molecule has 0 amide bonds. The van der Waals surface area contributed by atoms with Crippen LogP contribution in [0.4, 0.5) is 0 Å². The van der Waals surface area contributed by atoms with Crippen LogP contribution in [0.5, 0.6) is 0 Å². The highest BCUT2D eigenvalue weighted by molar-refractivity contribution is 7.27. The highest BCUT2D eigenvalue weighted by atomic mass is 35.5. The Balaban J connectivity index is 0. The molecule has 0 fully saturated rings. The Morgan fingerprint density at radius 2 is 1.75 bits per heavy atom. The number of benzene rings is 1. The van der Waals surface area contributed by atoms with Crippen molar-refractivity contribution in [2.75, 3.05) is 0 Å². The van der Waals surface area contributed by atoms with Gasteiger partial charge in [0.2, 0.25) is 0 Å². The molecule has 1 aromatic rings. The molecule has 0 heterocycles. The molecule has 0 N–H and O–H groups in total. The molecule has 1 atom stereocenters. The van der Waals surface area contributed by atoms with Crippen LogP contribution in [0.25, 0.3) is 0 Å². The van der Waals surface area contributed by atoms with E-state index in [-0.39, 0.29) is 12.4 Å². The maximum atomic E-state index is 7.32. The lowest BCUT2D eigenvalue weighted by atomic mass is 10.2. The fourth-order valence-electron chi connectivity index (χ4n) is 0.587. The number of halogens is 1. The summed E-state index contributed by atoms with van der Waals surface area (Å²) >= 11 is 0. The summed E-state index contributed by atoms with van der Waals surface area (Å²) in [5.41, 5.74) is 1.33. The summed E-state index contributed by atoms with van der Waals surface area (Å²) in [5.74, 6) is 0. The van der Waals surface area contributed by atoms with Gasteiger partial charge in [-0.15, -0.1) is 21.6 Å². The van der Waals surface area contributed by atoms with Crippen LogP contribution >= 0.6 is 21.6 Å². The van der Waals surface area contributed by atoms with Crippen LogP contribution in [0.1, 0.15) is 12.5 Å². The molecular formula is C9H13ClNP. The van der Waals surface area contributed by atoms with Crippen molar-refractivity contribution in [2.24, 2.45) is 0 Å². The van der Waals surface area contributed by atoms with Gasteiger partial charge in [-0.05, 0) is 17.8 Å². The monoisotopic (exact) mass is 201 g/mol. The van der Waals surface area contributed by atoms with Crippen molar-refractivity contribution < 1.29 is 0 Å². The van der Waals surface area contributed by atoms with Crippen LogP contribution < -0.4 is 5.30 Å². The lowest BCUT2D eigenvalue weighted by molar-refractivity contribution is 1.49. The van der Waals surface area contributed by atoms with E-state index in [1.807, 2.05) is 12.1 Å². The minimum Gasteiger partial charge on any atom is -0.199 e. The van der Waals surface area contributed by atoms with Gasteiger partial charge in [-0.1, -0.05) is 24.3 Å². The van der Waals surface area contributed by atoms with E-state index in [0.29, 0.717) is 0 Å². The van der Waals surface area contributed by atoms with Gasteiger partial charge >= 0.3 is 0 Å². The molecule has 0 aliphatic carbocycles. The number of hydrogen-bond acceptors (Lipinski definition) is 1. The first-order chi connectivity index (χ1) is 5.22. The third kappa shape index (κ3) is 6.16. The van der Waals surface area contributed by atoms with Crippen molar-refractivity contribution in [3.63, 3.8) is 0 Å². The first kappa shape index (κ1) is 14.0. The van der Waals surface area contributed by atoms with Crippen LogP contribution in [0, 0.1) is 18.3 Å². The summed E-state index contributed by atoms with van der Waals surface area (Å²) in [7, 11) is 2.69. The van der Waals surface area contributed by atoms with Crippen molar-refractivity contribution >= 4 is 27.0 Å². The lowest BCUT2D eigenvalue weighted by Crippen LogP contribution is -1.92. The maximum Gasteiger partial charge on any atom is 0.0587 e. The fourth-order valence-corrected chi connectivity index (χ4v) is 0.794. The van der Waals surface area contributed by atoms with E-state index < -0.39 is 0 Å². The summed E-state index contributed by atoms with van der Waals surface area (Å²) in [6, 6.07) is 10.0. The predicted octanol–water partition coefficient (Wildman–Crippen LogP) is 2.45. The van der Waals surface area contributed by atoms with E-state index in [0.717, 1.165) is 0 Å². The molecule has 1 aromatic carbocycles. The highest BCUT2D eigenvalue weighted by Gasteiger charge is 1.84. The Bertz CT molecular complexity index is 234. The van der Waals surface area contributed by atoms with E-state index in [2.05, 4.69) is 28.3 Å². The summed E-state index contributed by atoms with van der Waals surface area (Å²) in [6.45, 7) is 3.53. The normalized spacial score (nSPS) is 6.83. The quantitative estimate of drug-likeness (QED) is 0.592. The molecule has 0 aliphatic rings. The Labute approximate surface area is 82.4 Å². The Morgan fingerprint density at radius 1 is 1.33 bits per heavy atom. The second-order valence-corrected chi connectivity index (χ2v) is 2.70. The number of hydrogen-bond donors (Lipinski definition) is 0. The fraction of sp³-hybridized carbons (Fsp3) is 0.222. The Kier molecular flexibility index (Phi) is 9.93. The molecule has 0 bridgehead atoms. The smallest absolute Gasteiger partial charge is 0.0587 e. The summed E-state index contributed by atoms with van der Waals surface area (Å²) in [6.07, 6.45) is 0. The van der Waals surface area contributed by atoms with Crippen LogP contribution in [-0.4, -0.2) is 0 Å². The molecule has 0 aromatic heterocycles. The third-order valence-corrected chi connectivity index (χ3v) is 1.84. The first-order valence-electron chi connectivity index (χ1n) is 3.34. The number of nitrogens with zero attached hydrogens (tertiary/aromatic N) is 1.